The topological polar surface area (TPSA) is 69.6 Å². The number of rotatable bonds is 2. The van der Waals surface area contributed by atoms with Gasteiger partial charge in [-0.15, -0.1) is 11.3 Å². The number of amides is 1. The van der Waals surface area contributed by atoms with Gasteiger partial charge in [0.2, 0.25) is 0 Å². The zero-order valence-corrected chi connectivity index (χ0v) is 18.5. The van der Waals surface area contributed by atoms with Crippen LogP contribution in [-0.2, 0) is 12.8 Å². The average Bonchev–Trinajstić information content (AvgIpc) is 3.17. The van der Waals surface area contributed by atoms with E-state index in [1.165, 1.54) is 23.3 Å². The summed E-state index contributed by atoms with van der Waals surface area (Å²) in [6.45, 7) is 4.94. The van der Waals surface area contributed by atoms with Gasteiger partial charge in [-0.3, -0.25) is 4.79 Å². The van der Waals surface area contributed by atoms with Gasteiger partial charge in [0.05, 0.1) is 11.7 Å². The zero-order chi connectivity index (χ0) is 20.7. The molecule has 5 rings (SSSR count). The molecule has 160 valence electrons. The maximum Gasteiger partial charge on any atom is 0.254 e. The van der Waals surface area contributed by atoms with E-state index in [9.17, 15) is 9.90 Å². The van der Waals surface area contributed by atoms with E-state index in [-0.39, 0.29) is 17.4 Å². The van der Waals surface area contributed by atoms with Crippen LogP contribution < -0.4 is 4.90 Å². The molecule has 2 fully saturated rings. The van der Waals surface area contributed by atoms with E-state index in [2.05, 4.69) is 20.2 Å². The lowest BCUT2D eigenvalue weighted by Gasteiger charge is -2.49. The van der Waals surface area contributed by atoms with Gasteiger partial charge in [-0.05, 0) is 68.9 Å². The molecule has 3 aliphatic rings. The summed E-state index contributed by atoms with van der Waals surface area (Å²) >= 11 is 1.77. The monoisotopic (exact) mass is 426 g/mol. The molecule has 2 aliphatic heterocycles. The van der Waals surface area contributed by atoms with Crippen molar-refractivity contribution in [1.82, 2.24) is 14.9 Å². The first-order chi connectivity index (χ1) is 14.5. The van der Waals surface area contributed by atoms with Crippen LogP contribution >= 0.6 is 11.3 Å². The van der Waals surface area contributed by atoms with Crippen molar-refractivity contribution >= 4 is 23.1 Å². The summed E-state index contributed by atoms with van der Waals surface area (Å²) in [6.07, 6.45) is 8.73. The molecule has 1 atom stereocenters. The van der Waals surface area contributed by atoms with Crippen LogP contribution in [0.15, 0.2) is 17.6 Å². The number of piperidine rings is 2. The molecule has 1 spiro atoms. The second-order valence-electron chi connectivity index (χ2n) is 9.25. The van der Waals surface area contributed by atoms with Gasteiger partial charge >= 0.3 is 0 Å². The molecule has 1 unspecified atom stereocenters. The van der Waals surface area contributed by atoms with E-state index in [1.54, 1.807) is 17.5 Å². The van der Waals surface area contributed by atoms with Crippen molar-refractivity contribution in [1.29, 1.82) is 0 Å². The Hall–Kier alpha value is -1.99. The molecule has 1 amide bonds. The third-order valence-corrected chi connectivity index (χ3v) is 8.20. The van der Waals surface area contributed by atoms with Gasteiger partial charge in [-0.25, -0.2) is 9.97 Å². The predicted molar refractivity (Wildman–Crippen MR) is 118 cm³/mol. The third-order valence-electron chi connectivity index (χ3n) is 7.11. The number of β-amino-alcohol motifs (C(OH)–C–C–N with tert-alkyl or cyclic N) is 1. The minimum atomic E-state index is -0.361. The number of nitrogens with zero attached hydrogens (tertiary/aromatic N) is 4. The van der Waals surface area contributed by atoms with Crippen molar-refractivity contribution in [2.24, 2.45) is 5.41 Å². The number of likely N-dealkylation sites (tertiary alicyclic amines) is 1. The molecule has 1 aliphatic carbocycles. The van der Waals surface area contributed by atoms with Gasteiger partial charge in [0, 0.05) is 42.6 Å². The number of carbonyl (C=O) groups is 1. The van der Waals surface area contributed by atoms with Crippen LogP contribution in [0.4, 0.5) is 5.82 Å². The smallest absolute Gasteiger partial charge is 0.254 e. The minimum absolute atomic E-state index is 0.0430. The van der Waals surface area contributed by atoms with Crippen molar-refractivity contribution in [3.8, 4) is 0 Å². The molecule has 2 aromatic rings. The fraction of sp³-hybridized carbons (Fsp3) is 0.609. The van der Waals surface area contributed by atoms with Crippen molar-refractivity contribution in [2.75, 3.05) is 31.1 Å². The molecule has 2 aromatic heterocycles. The van der Waals surface area contributed by atoms with Crippen molar-refractivity contribution < 1.29 is 9.90 Å². The Bertz CT molecular complexity index is 935. The first kappa shape index (κ1) is 19.9. The second kappa shape index (κ2) is 7.93. The Morgan fingerprint density at radius 1 is 1.27 bits per heavy atom. The maximum atomic E-state index is 13.2. The molecule has 4 heterocycles. The summed E-state index contributed by atoms with van der Waals surface area (Å²) in [5, 5.41) is 12.7. The molecule has 7 heteroatoms. The Labute approximate surface area is 182 Å². The van der Waals surface area contributed by atoms with E-state index in [0.29, 0.717) is 6.54 Å². The summed E-state index contributed by atoms with van der Waals surface area (Å²) < 4.78 is 0. The van der Waals surface area contributed by atoms with Gasteiger partial charge in [-0.2, -0.15) is 0 Å². The maximum absolute atomic E-state index is 13.2. The largest absolute Gasteiger partial charge is 0.391 e. The molecule has 0 bridgehead atoms. The number of aryl methyl sites for hydroxylation is 2. The van der Waals surface area contributed by atoms with Crippen LogP contribution in [0.5, 0.6) is 0 Å². The molecule has 1 N–H and O–H groups in total. The van der Waals surface area contributed by atoms with Gasteiger partial charge < -0.3 is 14.9 Å². The lowest BCUT2D eigenvalue weighted by Crippen LogP contribution is -2.54. The SMILES string of the molecule is Cc1nccc(N2CC(O)CC3(CCN(C(=O)c4csc5c4CCCC5)CC3)C2)n1. The number of thiophene rings is 1. The number of aromatic nitrogens is 2. The Kier molecular flexibility index (Phi) is 5.27. The Morgan fingerprint density at radius 3 is 2.87 bits per heavy atom. The van der Waals surface area contributed by atoms with Gasteiger partial charge in [-0.1, -0.05) is 0 Å². The van der Waals surface area contributed by atoms with Crippen LogP contribution in [-0.4, -0.2) is 58.2 Å². The Morgan fingerprint density at radius 2 is 2.07 bits per heavy atom. The van der Waals surface area contributed by atoms with Crippen molar-refractivity contribution in [3.63, 3.8) is 0 Å². The average molecular weight is 427 g/mol. The zero-order valence-electron chi connectivity index (χ0n) is 17.6. The molecule has 0 saturated carbocycles. The fourth-order valence-electron chi connectivity index (χ4n) is 5.54. The highest BCUT2D eigenvalue weighted by Gasteiger charge is 2.43. The highest BCUT2D eigenvalue weighted by atomic mass is 32.1. The van der Waals surface area contributed by atoms with Gasteiger partial charge in [0.1, 0.15) is 11.6 Å². The first-order valence-electron chi connectivity index (χ1n) is 11.1. The summed E-state index contributed by atoms with van der Waals surface area (Å²) in [5.74, 6) is 1.86. The van der Waals surface area contributed by atoms with Gasteiger partial charge in [0.15, 0.2) is 0 Å². The first-order valence-corrected chi connectivity index (χ1v) is 12.0. The highest BCUT2D eigenvalue weighted by molar-refractivity contribution is 7.10. The normalized spacial score (nSPS) is 23.5. The van der Waals surface area contributed by atoms with E-state index >= 15 is 0 Å². The van der Waals surface area contributed by atoms with Gasteiger partial charge in [0.25, 0.3) is 5.91 Å². The minimum Gasteiger partial charge on any atom is -0.391 e. The van der Waals surface area contributed by atoms with Crippen molar-refractivity contribution in [2.45, 2.75) is 58.0 Å². The molecule has 6 nitrogen and oxygen atoms in total. The molecule has 0 aromatic carbocycles. The van der Waals surface area contributed by atoms with E-state index in [1.807, 2.05) is 17.9 Å². The lowest BCUT2D eigenvalue weighted by atomic mass is 9.71. The summed E-state index contributed by atoms with van der Waals surface area (Å²) in [6, 6.07) is 1.93. The van der Waals surface area contributed by atoms with Crippen LogP contribution in [0.25, 0.3) is 0 Å². The van der Waals surface area contributed by atoms with E-state index < -0.39 is 0 Å². The number of aliphatic hydroxyl groups excluding tert-OH is 1. The third kappa shape index (κ3) is 3.73. The second-order valence-corrected chi connectivity index (χ2v) is 10.2. The molecular weight excluding hydrogens is 396 g/mol. The quantitative estimate of drug-likeness (QED) is 0.799. The number of aliphatic hydroxyl groups is 1. The lowest BCUT2D eigenvalue weighted by molar-refractivity contribution is 0.0246. The fourth-order valence-corrected chi connectivity index (χ4v) is 6.66. The summed E-state index contributed by atoms with van der Waals surface area (Å²) in [7, 11) is 0. The highest BCUT2D eigenvalue weighted by Crippen LogP contribution is 2.41. The number of hydrogen-bond acceptors (Lipinski definition) is 6. The van der Waals surface area contributed by atoms with Crippen LogP contribution in [0, 0.1) is 12.3 Å². The summed E-state index contributed by atoms with van der Waals surface area (Å²) in [4.78, 5) is 27.7. The Balaban J connectivity index is 1.28. The van der Waals surface area contributed by atoms with E-state index in [0.717, 1.165) is 68.9 Å². The molecule has 30 heavy (non-hydrogen) atoms. The van der Waals surface area contributed by atoms with Crippen LogP contribution in [0.3, 0.4) is 0 Å². The van der Waals surface area contributed by atoms with E-state index in [4.69, 9.17) is 0 Å². The number of carbonyl (C=O) groups excluding carboxylic acids is 1. The molecule has 0 radical (unpaired) electrons. The number of anilines is 1. The van der Waals surface area contributed by atoms with Crippen LogP contribution in [0.1, 0.15) is 58.7 Å². The molecule has 2 saturated heterocycles. The standard InChI is InChI=1S/C23H30N4O2S/c1-16-24-9-6-21(25-16)27-13-17(28)12-23(15-27)7-10-26(11-8-23)22(29)19-14-30-20-5-3-2-4-18(19)20/h6,9,14,17,28H,2-5,7-8,10-13,15H2,1H3. The molecular formula is C23H30N4O2S. The van der Waals surface area contributed by atoms with Crippen LogP contribution in [0.2, 0.25) is 0 Å². The summed E-state index contributed by atoms with van der Waals surface area (Å²) in [5.41, 5.74) is 2.31. The number of hydrogen-bond donors (Lipinski definition) is 1. The number of fused-ring (bicyclic) bond motifs is 1. The predicted octanol–water partition coefficient (Wildman–Crippen LogP) is 3.22. The van der Waals surface area contributed by atoms with Crippen molar-refractivity contribution in [3.05, 3.63) is 39.5 Å².